The van der Waals surface area contributed by atoms with Gasteiger partial charge in [-0.05, 0) is 19.1 Å². The van der Waals surface area contributed by atoms with E-state index < -0.39 is 6.23 Å². The van der Waals surface area contributed by atoms with E-state index in [-0.39, 0.29) is 0 Å². The molecular weight excluding hydrogens is 168 g/mol. The molecule has 0 amide bonds. The summed E-state index contributed by atoms with van der Waals surface area (Å²) in [5.41, 5.74) is 6.92. The molecule has 13 heavy (non-hydrogen) atoms. The molecule has 1 rings (SSSR count). The minimum atomic E-state index is -0.630. The Kier molecular flexibility index (Phi) is 2.97. The maximum Gasteiger partial charge on any atom is 0.143 e. The highest BCUT2D eigenvalue weighted by Crippen LogP contribution is 2.28. The molecule has 0 fully saturated rings. The van der Waals surface area contributed by atoms with Crippen molar-refractivity contribution in [2.75, 3.05) is 18.2 Å². The fourth-order valence-electron chi connectivity index (χ4n) is 1.07. The van der Waals surface area contributed by atoms with E-state index in [9.17, 15) is 0 Å². The van der Waals surface area contributed by atoms with E-state index in [0.717, 1.165) is 0 Å². The summed E-state index contributed by atoms with van der Waals surface area (Å²) in [5, 5.41) is 11.9. The summed E-state index contributed by atoms with van der Waals surface area (Å²) in [6, 6.07) is 5.35. The first-order valence-corrected chi connectivity index (χ1v) is 4.02. The zero-order valence-electron chi connectivity index (χ0n) is 7.74. The lowest BCUT2D eigenvalue weighted by atomic mass is 10.2. The third-order valence-electron chi connectivity index (χ3n) is 1.65. The Morgan fingerprint density at radius 2 is 2.23 bits per heavy atom. The summed E-state index contributed by atoms with van der Waals surface area (Å²) in [4.78, 5) is 0. The molecule has 4 heteroatoms. The monoisotopic (exact) mass is 182 g/mol. The molecule has 0 spiro atoms. The number of para-hydroxylation sites is 1. The van der Waals surface area contributed by atoms with Gasteiger partial charge in [-0.1, -0.05) is 6.07 Å². The van der Waals surface area contributed by atoms with Crippen molar-refractivity contribution in [3.8, 4) is 5.75 Å². The van der Waals surface area contributed by atoms with Crippen LogP contribution in [-0.2, 0) is 0 Å². The summed E-state index contributed by atoms with van der Waals surface area (Å²) in [5.74, 6) is 0.602. The van der Waals surface area contributed by atoms with Gasteiger partial charge in [0.05, 0.1) is 18.5 Å². The van der Waals surface area contributed by atoms with Gasteiger partial charge in [0.25, 0.3) is 0 Å². The van der Waals surface area contributed by atoms with Gasteiger partial charge in [-0.25, -0.2) is 0 Å². The molecule has 0 aliphatic carbocycles. The summed E-state index contributed by atoms with van der Waals surface area (Å²) in [6.45, 7) is 1.62. The molecule has 72 valence electrons. The maximum absolute atomic E-state index is 9.09. The summed E-state index contributed by atoms with van der Waals surface area (Å²) in [6.07, 6.45) is -0.630. The number of nitrogens with one attached hydrogen (secondary N) is 1. The number of methoxy groups -OCH3 is 1. The molecule has 1 unspecified atom stereocenters. The van der Waals surface area contributed by atoms with Crippen LogP contribution in [0.3, 0.4) is 0 Å². The van der Waals surface area contributed by atoms with Gasteiger partial charge in [0.1, 0.15) is 12.0 Å². The minimum Gasteiger partial charge on any atom is -0.495 e. The third-order valence-corrected chi connectivity index (χ3v) is 1.65. The van der Waals surface area contributed by atoms with E-state index in [1.54, 1.807) is 32.2 Å². The van der Waals surface area contributed by atoms with Crippen molar-refractivity contribution in [2.24, 2.45) is 0 Å². The smallest absolute Gasteiger partial charge is 0.143 e. The molecule has 0 aliphatic rings. The van der Waals surface area contributed by atoms with E-state index >= 15 is 0 Å². The highest BCUT2D eigenvalue weighted by Gasteiger charge is 2.05. The number of benzene rings is 1. The topological polar surface area (TPSA) is 67.5 Å². The minimum absolute atomic E-state index is 0.505. The van der Waals surface area contributed by atoms with E-state index in [1.807, 2.05) is 0 Å². The zero-order valence-corrected chi connectivity index (χ0v) is 7.74. The van der Waals surface area contributed by atoms with Crippen LogP contribution in [0.4, 0.5) is 11.4 Å². The molecule has 4 nitrogen and oxygen atoms in total. The van der Waals surface area contributed by atoms with Gasteiger partial charge in [0.2, 0.25) is 0 Å². The first kappa shape index (κ1) is 9.67. The van der Waals surface area contributed by atoms with Crippen LogP contribution in [0.25, 0.3) is 0 Å². The van der Waals surface area contributed by atoms with Crippen LogP contribution < -0.4 is 15.8 Å². The number of hydrogen-bond donors (Lipinski definition) is 3. The fourth-order valence-corrected chi connectivity index (χ4v) is 1.07. The van der Waals surface area contributed by atoms with Crippen molar-refractivity contribution in [1.82, 2.24) is 0 Å². The van der Waals surface area contributed by atoms with Crippen molar-refractivity contribution in [3.05, 3.63) is 18.2 Å². The van der Waals surface area contributed by atoms with Crippen molar-refractivity contribution in [2.45, 2.75) is 13.2 Å². The fraction of sp³-hybridized carbons (Fsp3) is 0.333. The van der Waals surface area contributed by atoms with Gasteiger partial charge in [-0.3, -0.25) is 0 Å². The first-order valence-electron chi connectivity index (χ1n) is 4.02. The lowest BCUT2D eigenvalue weighted by molar-refractivity contribution is 0.224. The van der Waals surface area contributed by atoms with Gasteiger partial charge in [-0.15, -0.1) is 0 Å². The van der Waals surface area contributed by atoms with Crippen LogP contribution in [0.1, 0.15) is 6.92 Å². The van der Waals surface area contributed by atoms with Crippen molar-refractivity contribution >= 4 is 11.4 Å². The Hall–Kier alpha value is -1.42. The second kappa shape index (κ2) is 4.00. The predicted molar refractivity (Wildman–Crippen MR) is 52.7 cm³/mol. The van der Waals surface area contributed by atoms with Gasteiger partial charge in [-0.2, -0.15) is 0 Å². The van der Waals surface area contributed by atoms with Crippen LogP contribution in [0.5, 0.6) is 5.75 Å². The Balaban J connectivity index is 2.94. The lowest BCUT2D eigenvalue weighted by Gasteiger charge is -2.13. The maximum atomic E-state index is 9.09. The number of hydrogen-bond acceptors (Lipinski definition) is 4. The molecule has 1 aromatic rings. The van der Waals surface area contributed by atoms with E-state index in [4.69, 9.17) is 15.6 Å². The van der Waals surface area contributed by atoms with Crippen LogP contribution >= 0.6 is 0 Å². The molecule has 0 aromatic heterocycles. The van der Waals surface area contributed by atoms with E-state index in [2.05, 4.69) is 5.32 Å². The molecule has 0 radical (unpaired) electrons. The number of nitrogens with two attached hydrogens (primary N) is 1. The average Bonchev–Trinajstić information content (AvgIpc) is 2.08. The number of aliphatic hydroxyl groups is 1. The van der Waals surface area contributed by atoms with E-state index in [1.165, 1.54) is 0 Å². The van der Waals surface area contributed by atoms with Gasteiger partial charge in [0, 0.05) is 0 Å². The van der Waals surface area contributed by atoms with Crippen LogP contribution in [-0.4, -0.2) is 18.4 Å². The molecule has 0 saturated heterocycles. The molecule has 0 heterocycles. The molecule has 1 atom stereocenters. The van der Waals surface area contributed by atoms with Crippen molar-refractivity contribution in [1.29, 1.82) is 0 Å². The standard InChI is InChI=1S/C9H14N2O2/c1-6(12)11-7-4-3-5-8(13-2)9(7)10/h3-6,11-12H,10H2,1-2H3. The van der Waals surface area contributed by atoms with Crippen LogP contribution in [0.15, 0.2) is 18.2 Å². The highest BCUT2D eigenvalue weighted by atomic mass is 16.5. The molecular formula is C9H14N2O2. The zero-order chi connectivity index (χ0) is 9.84. The number of nitrogen functional groups attached to an aromatic ring is 1. The third kappa shape index (κ3) is 2.26. The second-order valence-electron chi connectivity index (χ2n) is 2.74. The molecule has 0 saturated carbocycles. The summed E-state index contributed by atoms with van der Waals surface area (Å²) in [7, 11) is 1.55. The number of rotatable bonds is 3. The van der Waals surface area contributed by atoms with Gasteiger partial charge < -0.3 is 20.9 Å². The second-order valence-corrected chi connectivity index (χ2v) is 2.74. The molecule has 1 aromatic carbocycles. The summed E-state index contributed by atoms with van der Waals surface area (Å²) < 4.78 is 5.02. The summed E-state index contributed by atoms with van der Waals surface area (Å²) >= 11 is 0. The average molecular weight is 182 g/mol. The van der Waals surface area contributed by atoms with Crippen molar-refractivity contribution < 1.29 is 9.84 Å². The Bertz CT molecular complexity index is 287. The predicted octanol–water partition coefficient (Wildman–Crippen LogP) is 1.03. The molecule has 0 bridgehead atoms. The number of anilines is 2. The first-order chi connectivity index (χ1) is 6.15. The van der Waals surface area contributed by atoms with Gasteiger partial charge >= 0.3 is 0 Å². The quantitative estimate of drug-likeness (QED) is 0.482. The highest BCUT2D eigenvalue weighted by molar-refractivity contribution is 5.72. The van der Waals surface area contributed by atoms with Gasteiger partial charge in [0.15, 0.2) is 0 Å². The van der Waals surface area contributed by atoms with Crippen molar-refractivity contribution in [3.63, 3.8) is 0 Å². The SMILES string of the molecule is COc1cccc(NC(C)O)c1N. The van der Waals surface area contributed by atoms with Crippen LogP contribution in [0, 0.1) is 0 Å². The Morgan fingerprint density at radius 1 is 1.54 bits per heavy atom. The lowest BCUT2D eigenvalue weighted by Crippen LogP contribution is -2.14. The number of ether oxygens (including phenoxy) is 1. The van der Waals surface area contributed by atoms with Crippen LogP contribution in [0.2, 0.25) is 0 Å². The van der Waals surface area contributed by atoms with E-state index in [0.29, 0.717) is 17.1 Å². The molecule has 0 aliphatic heterocycles. The Labute approximate surface area is 77.3 Å². The normalized spacial score (nSPS) is 12.2. The Morgan fingerprint density at radius 3 is 2.77 bits per heavy atom. The number of aliphatic hydroxyl groups excluding tert-OH is 1. The molecule has 4 N–H and O–H groups in total. The largest absolute Gasteiger partial charge is 0.495 e.